The number of anilines is 1. The number of hydrazine groups is 1. The molecule has 0 spiro atoms. The molecule has 5 heteroatoms. The van der Waals surface area contributed by atoms with Crippen LogP contribution in [0.5, 0.6) is 0 Å². The van der Waals surface area contributed by atoms with E-state index in [1.54, 1.807) is 0 Å². The molecule has 0 bridgehead atoms. The molecule has 0 saturated carbocycles. The first kappa shape index (κ1) is 17.6. The van der Waals surface area contributed by atoms with Crippen molar-refractivity contribution in [2.75, 3.05) is 18.1 Å². The standard InChI is InChI=1S/C22H18BrN3O/c23-20-9-4-1-6-16(20)14-22(27)26-13-5-12-25(26)21-11-10-17(15-24)18-7-2-3-8-19(18)21/h1-4,6-11H,5,12-14H2. The van der Waals surface area contributed by atoms with E-state index in [1.807, 2.05) is 65.7 Å². The zero-order chi connectivity index (χ0) is 18.8. The van der Waals surface area contributed by atoms with Crippen LogP contribution in [0.2, 0.25) is 0 Å². The largest absolute Gasteiger partial charge is 0.282 e. The summed E-state index contributed by atoms with van der Waals surface area (Å²) in [6.07, 6.45) is 1.28. The third-order valence-electron chi connectivity index (χ3n) is 4.92. The highest BCUT2D eigenvalue weighted by atomic mass is 79.9. The number of hydrogen-bond donors (Lipinski definition) is 0. The first-order valence-corrected chi connectivity index (χ1v) is 9.71. The molecule has 3 aromatic carbocycles. The van der Waals surface area contributed by atoms with Gasteiger partial charge in [-0.25, -0.2) is 0 Å². The van der Waals surface area contributed by atoms with Gasteiger partial charge in [0.25, 0.3) is 0 Å². The Morgan fingerprint density at radius 3 is 2.52 bits per heavy atom. The van der Waals surface area contributed by atoms with Crippen LogP contribution in [0.4, 0.5) is 5.69 Å². The quantitative estimate of drug-likeness (QED) is 0.619. The molecule has 27 heavy (non-hydrogen) atoms. The lowest BCUT2D eigenvalue weighted by atomic mass is 10.0. The van der Waals surface area contributed by atoms with Crippen molar-refractivity contribution in [1.29, 1.82) is 5.26 Å². The van der Waals surface area contributed by atoms with E-state index in [0.29, 0.717) is 18.5 Å². The van der Waals surface area contributed by atoms with Crippen LogP contribution in [0, 0.1) is 11.3 Å². The summed E-state index contributed by atoms with van der Waals surface area (Å²) in [5.41, 5.74) is 2.61. The summed E-state index contributed by atoms with van der Waals surface area (Å²) < 4.78 is 0.952. The molecule has 1 heterocycles. The SMILES string of the molecule is N#Cc1ccc(N2CCCN2C(=O)Cc2ccccc2Br)c2ccccc12. The van der Waals surface area contributed by atoms with E-state index in [2.05, 4.69) is 27.0 Å². The van der Waals surface area contributed by atoms with E-state index in [9.17, 15) is 10.1 Å². The normalized spacial score (nSPS) is 13.8. The third-order valence-corrected chi connectivity index (χ3v) is 5.69. The number of carbonyl (C=O) groups excluding carboxylic acids is 1. The number of nitriles is 1. The van der Waals surface area contributed by atoms with Crippen molar-refractivity contribution in [3.63, 3.8) is 0 Å². The predicted octanol–water partition coefficient (Wildman–Crippen LogP) is 4.67. The number of rotatable bonds is 3. The first-order chi connectivity index (χ1) is 13.2. The number of benzene rings is 3. The minimum atomic E-state index is 0.0767. The van der Waals surface area contributed by atoms with Gasteiger partial charge in [0.05, 0.1) is 23.7 Å². The van der Waals surface area contributed by atoms with Gasteiger partial charge in [-0.2, -0.15) is 5.26 Å². The van der Waals surface area contributed by atoms with Gasteiger partial charge in [0.2, 0.25) is 5.91 Å². The molecule has 4 nitrogen and oxygen atoms in total. The summed E-state index contributed by atoms with van der Waals surface area (Å²) in [6.45, 7) is 1.50. The third kappa shape index (κ3) is 3.29. The van der Waals surface area contributed by atoms with Crippen LogP contribution in [0.1, 0.15) is 17.5 Å². The Morgan fingerprint density at radius 1 is 1.00 bits per heavy atom. The Morgan fingerprint density at radius 2 is 1.74 bits per heavy atom. The van der Waals surface area contributed by atoms with Gasteiger partial charge >= 0.3 is 0 Å². The van der Waals surface area contributed by atoms with Gasteiger partial charge in [-0.15, -0.1) is 0 Å². The first-order valence-electron chi connectivity index (χ1n) is 8.92. The fourth-order valence-corrected chi connectivity index (χ4v) is 4.05. The molecule has 0 atom stereocenters. The highest BCUT2D eigenvalue weighted by Gasteiger charge is 2.28. The molecular formula is C22H18BrN3O. The van der Waals surface area contributed by atoms with E-state index in [0.717, 1.165) is 39.5 Å². The summed E-state index contributed by atoms with van der Waals surface area (Å²) in [6, 6.07) is 21.7. The van der Waals surface area contributed by atoms with Crippen molar-refractivity contribution in [2.24, 2.45) is 0 Å². The van der Waals surface area contributed by atoms with Crippen LogP contribution >= 0.6 is 15.9 Å². The van der Waals surface area contributed by atoms with Crippen molar-refractivity contribution in [3.05, 3.63) is 76.3 Å². The Bertz CT molecular complexity index is 1060. The summed E-state index contributed by atoms with van der Waals surface area (Å²) in [4.78, 5) is 13.0. The van der Waals surface area contributed by atoms with Crippen molar-refractivity contribution < 1.29 is 4.79 Å². The van der Waals surface area contributed by atoms with Crippen molar-refractivity contribution in [3.8, 4) is 6.07 Å². The molecule has 4 rings (SSSR count). The smallest absolute Gasteiger partial charge is 0.245 e. The van der Waals surface area contributed by atoms with Crippen LogP contribution < -0.4 is 5.01 Å². The Hall–Kier alpha value is -2.84. The number of carbonyl (C=O) groups is 1. The lowest BCUT2D eigenvalue weighted by Crippen LogP contribution is -2.42. The van der Waals surface area contributed by atoms with Crippen LogP contribution in [0.15, 0.2) is 65.1 Å². The van der Waals surface area contributed by atoms with E-state index >= 15 is 0 Å². The highest BCUT2D eigenvalue weighted by molar-refractivity contribution is 9.10. The van der Waals surface area contributed by atoms with Gasteiger partial charge < -0.3 is 0 Å². The average molecular weight is 420 g/mol. The lowest BCUT2D eigenvalue weighted by molar-refractivity contribution is -0.130. The van der Waals surface area contributed by atoms with Crippen LogP contribution in [-0.4, -0.2) is 24.0 Å². The topological polar surface area (TPSA) is 47.3 Å². The number of fused-ring (bicyclic) bond motifs is 1. The summed E-state index contributed by atoms with van der Waals surface area (Å²) >= 11 is 3.53. The van der Waals surface area contributed by atoms with Crippen molar-refractivity contribution in [1.82, 2.24) is 5.01 Å². The fourth-order valence-electron chi connectivity index (χ4n) is 3.62. The van der Waals surface area contributed by atoms with Gasteiger partial charge in [-0.1, -0.05) is 58.4 Å². The molecular weight excluding hydrogens is 402 g/mol. The fraction of sp³-hybridized carbons (Fsp3) is 0.182. The van der Waals surface area contributed by atoms with E-state index in [-0.39, 0.29) is 5.91 Å². The summed E-state index contributed by atoms with van der Waals surface area (Å²) in [5.74, 6) is 0.0767. The maximum absolute atomic E-state index is 13.0. The van der Waals surface area contributed by atoms with E-state index in [1.165, 1.54) is 0 Å². The Labute approximate surface area is 166 Å². The zero-order valence-electron chi connectivity index (χ0n) is 14.7. The van der Waals surface area contributed by atoms with Crippen LogP contribution in [-0.2, 0) is 11.2 Å². The van der Waals surface area contributed by atoms with Crippen molar-refractivity contribution >= 4 is 38.3 Å². The minimum Gasteiger partial charge on any atom is -0.282 e. The lowest BCUT2D eigenvalue weighted by Gasteiger charge is -2.31. The molecule has 0 unspecified atom stereocenters. The second-order valence-corrected chi connectivity index (χ2v) is 7.41. The second kappa shape index (κ2) is 7.42. The van der Waals surface area contributed by atoms with Gasteiger partial charge in [-0.3, -0.25) is 14.8 Å². The maximum Gasteiger partial charge on any atom is 0.245 e. The predicted molar refractivity (Wildman–Crippen MR) is 110 cm³/mol. The summed E-state index contributed by atoms with van der Waals surface area (Å²) in [7, 11) is 0. The molecule has 1 saturated heterocycles. The second-order valence-electron chi connectivity index (χ2n) is 6.55. The molecule has 1 aliphatic heterocycles. The number of nitrogens with zero attached hydrogens (tertiary/aromatic N) is 3. The van der Waals surface area contributed by atoms with Crippen LogP contribution in [0.25, 0.3) is 10.8 Å². The van der Waals surface area contributed by atoms with Crippen molar-refractivity contribution in [2.45, 2.75) is 12.8 Å². The monoisotopic (exact) mass is 419 g/mol. The van der Waals surface area contributed by atoms with Gasteiger partial charge in [0, 0.05) is 28.3 Å². The molecule has 3 aromatic rings. The molecule has 0 radical (unpaired) electrons. The Balaban J connectivity index is 1.68. The van der Waals surface area contributed by atoms with Gasteiger partial charge in [0.1, 0.15) is 0 Å². The molecule has 0 N–H and O–H groups in total. The van der Waals surface area contributed by atoms with E-state index in [4.69, 9.17) is 0 Å². The van der Waals surface area contributed by atoms with E-state index < -0.39 is 0 Å². The summed E-state index contributed by atoms with van der Waals surface area (Å²) in [5, 5.41) is 15.2. The highest BCUT2D eigenvalue weighted by Crippen LogP contribution is 2.32. The Kier molecular flexibility index (Phi) is 4.83. The zero-order valence-corrected chi connectivity index (χ0v) is 16.3. The average Bonchev–Trinajstić information content (AvgIpc) is 3.18. The number of halogens is 1. The maximum atomic E-state index is 13.0. The molecule has 0 aliphatic carbocycles. The minimum absolute atomic E-state index is 0.0767. The number of hydrogen-bond acceptors (Lipinski definition) is 3. The van der Waals surface area contributed by atoms with Gasteiger partial charge in [0.15, 0.2) is 0 Å². The molecule has 1 aliphatic rings. The number of amides is 1. The molecule has 1 amide bonds. The molecule has 134 valence electrons. The molecule has 1 fully saturated rings. The molecule has 0 aromatic heterocycles. The van der Waals surface area contributed by atoms with Crippen LogP contribution in [0.3, 0.4) is 0 Å². The van der Waals surface area contributed by atoms with Gasteiger partial charge in [-0.05, 0) is 30.2 Å².